The molecular formula is C23H22N3+. The zero-order valence-electron chi connectivity index (χ0n) is 15.4. The monoisotopic (exact) mass is 340 g/mol. The molecule has 0 saturated carbocycles. The van der Waals surface area contributed by atoms with Crippen molar-refractivity contribution in [2.75, 3.05) is 0 Å². The van der Waals surface area contributed by atoms with Crippen LogP contribution in [0.3, 0.4) is 0 Å². The molecule has 3 heterocycles. The van der Waals surface area contributed by atoms with E-state index < -0.39 is 0 Å². The molecule has 5 rings (SSSR count). The van der Waals surface area contributed by atoms with Crippen LogP contribution in [0, 0.1) is 6.92 Å². The minimum absolute atomic E-state index is 0.456. The zero-order valence-corrected chi connectivity index (χ0v) is 15.4. The minimum atomic E-state index is 0.456. The van der Waals surface area contributed by atoms with Crippen LogP contribution in [0.5, 0.6) is 0 Å². The van der Waals surface area contributed by atoms with Gasteiger partial charge in [0.05, 0.1) is 0 Å². The lowest BCUT2D eigenvalue weighted by atomic mass is 9.88. The Hall–Kier alpha value is -2.94. The summed E-state index contributed by atoms with van der Waals surface area (Å²) in [6.45, 7) is 7.64. The van der Waals surface area contributed by atoms with Crippen LogP contribution < -0.4 is 4.57 Å². The Bertz CT molecular complexity index is 1150. The van der Waals surface area contributed by atoms with Crippen LogP contribution in [0.25, 0.3) is 28.0 Å². The Labute approximate surface area is 153 Å². The van der Waals surface area contributed by atoms with Crippen LogP contribution in [0.4, 0.5) is 0 Å². The Morgan fingerprint density at radius 3 is 2.73 bits per heavy atom. The van der Waals surface area contributed by atoms with Gasteiger partial charge < -0.3 is 0 Å². The van der Waals surface area contributed by atoms with Gasteiger partial charge >= 0.3 is 0 Å². The highest BCUT2D eigenvalue weighted by Crippen LogP contribution is 2.37. The lowest BCUT2D eigenvalue weighted by molar-refractivity contribution is -0.662. The Morgan fingerprint density at radius 1 is 1.04 bits per heavy atom. The van der Waals surface area contributed by atoms with Crippen molar-refractivity contribution in [3.05, 3.63) is 77.7 Å². The van der Waals surface area contributed by atoms with Gasteiger partial charge in [-0.2, -0.15) is 4.57 Å². The highest BCUT2D eigenvalue weighted by molar-refractivity contribution is 5.81. The van der Waals surface area contributed by atoms with Crippen molar-refractivity contribution < 1.29 is 4.57 Å². The number of benzene rings is 2. The first-order valence-electron chi connectivity index (χ1n) is 9.23. The molecule has 2 aromatic carbocycles. The molecule has 3 heteroatoms. The van der Waals surface area contributed by atoms with E-state index in [1.807, 2.05) is 12.3 Å². The smallest absolute Gasteiger partial charge is 0.250 e. The van der Waals surface area contributed by atoms with Crippen molar-refractivity contribution in [2.45, 2.75) is 33.2 Å². The molecule has 0 amide bonds. The number of imidazole rings is 1. The summed E-state index contributed by atoms with van der Waals surface area (Å²) < 4.78 is 4.63. The van der Waals surface area contributed by atoms with E-state index in [2.05, 4.69) is 78.7 Å². The number of nitrogens with zero attached hydrogens (tertiary/aromatic N) is 3. The fourth-order valence-corrected chi connectivity index (χ4v) is 4.20. The Kier molecular flexibility index (Phi) is 3.26. The van der Waals surface area contributed by atoms with Crippen LogP contribution in [0.2, 0.25) is 0 Å². The number of pyridine rings is 1. The van der Waals surface area contributed by atoms with Crippen molar-refractivity contribution in [1.82, 2.24) is 9.55 Å². The lowest BCUT2D eigenvalue weighted by Crippen LogP contribution is -2.33. The first-order valence-corrected chi connectivity index (χ1v) is 9.23. The summed E-state index contributed by atoms with van der Waals surface area (Å²) >= 11 is 0. The maximum absolute atomic E-state index is 4.85. The lowest BCUT2D eigenvalue weighted by Gasteiger charge is -2.18. The summed E-state index contributed by atoms with van der Waals surface area (Å²) in [7, 11) is 0. The van der Waals surface area contributed by atoms with Gasteiger partial charge in [0.15, 0.2) is 16.7 Å². The molecule has 0 aliphatic carbocycles. The quantitative estimate of drug-likeness (QED) is 0.403. The van der Waals surface area contributed by atoms with Crippen molar-refractivity contribution in [3.63, 3.8) is 0 Å². The summed E-state index contributed by atoms with van der Waals surface area (Å²) in [6.07, 6.45) is 4.13. The van der Waals surface area contributed by atoms with Gasteiger partial charge in [0.1, 0.15) is 12.2 Å². The molecule has 1 aliphatic rings. The van der Waals surface area contributed by atoms with Crippen LogP contribution in [0.1, 0.15) is 36.5 Å². The van der Waals surface area contributed by atoms with Crippen molar-refractivity contribution >= 4 is 11.0 Å². The van der Waals surface area contributed by atoms with E-state index in [9.17, 15) is 0 Å². The predicted octanol–water partition coefficient (Wildman–Crippen LogP) is 4.77. The molecule has 0 N–H and O–H groups in total. The first kappa shape index (κ1) is 15.3. The van der Waals surface area contributed by atoms with E-state index in [0.29, 0.717) is 5.92 Å². The first-order chi connectivity index (χ1) is 12.6. The third-order valence-corrected chi connectivity index (χ3v) is 5.56. The topological polar surface area (TPSA) is 21.7 Å². The second-order valence-electron chi connectivity index (χ2n) is 7.44. The maximum atomic E-state index is 4.85. The number of para-hydroxylation sites is 2. The van der Waals surface area contributed by atoms with Gasteiger partial charge in [-0.1, -0.05) is 38.1 Å². The summed E-state index contributed by atoms with van der Waals surface area (Å²) in [6, 6.07) is 17.4. The normalized spacial score (nSPS) is 12.6. The van der Waals surface area contributed by atoms with E-state index in [0.717, 1.165) is 17.9 Å². The molecule has 26 heavy (non-hydrogen) atoms. The van der Waals surface area contributed by atoms with Gasteiger partial charge in [-0.25, -0.2) is 4.57 Å². The van der Waals surface area contributed by atoms with E-state index in [-0.39, 0.29) is 0 Å². The fraction of sp³-hybridized carbons (Fsp3) is 0.217. The number of aromatic nitrogens is 3. The van der Waals surface area contributed by atoms with Gasteiger partial charge in [0, 0.05) is 11.8 Å². The SMILES string of the molecule is Cc1c2ccc(C(C)C)c1-c1ncccc1-n1c[n+](c3ccccc31)C2. The molecule has 0 fully saturated rings. The summed E-state index contributed by atoms with van der Waals surface area (Å²) in [4.78, 5) is 4.85. The second kappa shape index (κ2) is 5.53. The average Bonchev–Trinajstić information content (AvgIpc) is 3.01. The Balaban J connectivity index is 1.97. The molecule has 2 aromatic heterocycles. The van der Waals surface area contributed by atoms with Crippen molar-refractivity contribution in [3.8, 4) is 16.9 Å². The minimum Gasteiger partial charge on any atom is -0.252 e. The van der Waals surface area contributed by atoms with Crippen LogP contribution in [-0.4, -0.2) is 9.55 Å². The third-order valence-electron chi connectivity index (χ3n) is 5.56. The van der Waals surface area contributed by atoms with Crippen LogP contribution in [-0.2, 0) is 6.54 Å². The average molecular weight is 340 g/mol. The number of rotatable bonds is 1. The van der Waals surface area contributed by atoms with Crippen molar-refractivity contribution in [1.29, 1.82) is 0 Å². The van der Waals surface area contributed by atoms with Crippen molar-refractivity contribution in [2.24, 2.45) is 0 Å². The van der Waals surface area contributed by atoms with Gasteiger partial charge in [-0.05, 0) is 53.8 Å². The van der Waals surface area contributed by atoms with E-state index in [4.69, 9.17) is 4.98 Å². The molecule has 4 bridgehead atoms. The maximum Gasteiger partial charge on any atom is 0.250 e. The van der Waals surface area contributed by atoms with Gasteiger partial charge in [0.25, 0.3) is 0 Å². The molecular weight excluding hydrogens is 318 g/mol. The largest absolute Gasteiger partial charge is 0.252 e. The fourth-order valence-electron chi connectivity index (χ4n) is 4.20. The molecule has 4 aromatic rings. The van der Waals surface area contributed by atoms with Crippen LogP contribution in [0.15, 0.2) is 61.1 Å². The molecule has 0 unspecified atom stereocenters. The molecule has 0 spiro atoms. The number of fused-ring (bicyclic) bond motifs is 10. The molecule has 0 saturated heterocycles. The van der Waals surface area contributed by atoms with Gasteiger partial charge in [-0.15, -0.1) is 0 Å². The summed E-state index contributed by atoms with van der Waals surface area (Å²) in [5, 5.41) is 0. The Morgan fingerprint density at radius 2 is 1.88 bits per heavy atom. The second-order valence-corrected chi connectivity index (χ2v) is 7.44. The van der Waals surface area contributed by atoms with Gasteiger partial charge in [0.2, 0.25) is 6.33 Å². The molecule has 128 valence electrons. The summed E-state index contributed by atoms with van der Waals surface area (Å²) in [5.41, 5.74) is 10.1. The van der Waals surface area contributed by atoms with Crippen LogP contribution >= 0.6 is 0 Å². The standard InChI is InChI=1S/C23H22N3/c1-15(2)18-11-10-17-13-25-14-26(20-8-5-4-7-19(20)25)21-9-6-12-24-23(21)22(18)16(17)3/h4-12,14-15H,13H2,1-3H3/q+1. The molecule has 0 radical (unpaired) electrons. The van der Waals surface area contributed by atoms with E-state index >= 15 is 0 Å². The third kappa shape index (κ3) is 2.07. The van der Waals surface area contributed by atoms with Gasteiger partial charge in [-0.3, -0.25) is 4.98 Å². The molecule has 3 nitrogen and oxygen atoms in total. The predicted molar refractivity (Wildman–Crippen MR) is 105 cm³/mol. The highest BCUT2D eigenvalue weighted by Gasteiger charge is 2.26. The highest BCUT2D eigenvalue weighted by atomic mass is 15.1. The number of hydrogen-bond acceptors (Lipinski definition) is 1. The summed E-state index contributed by atoms with van der Waals surface area (Å²) in [5.74, 6) is 0.456. The molecule has 0 atom stereocenters. The zero-order chi connectivity index (χ0) is 17.8. The van der Waals surface area contributed by atoms with E-state index in [1.54, 1.807) is 0 Å². The van der Waals surface area contributed by atoms with E-state index in [1.165, 1.54) is 33.3 Å². The number of hydrogen-bond donors (Lipinski definition) is 0. The molecule has 1 aliphatic heterocycles.